The molecular formula is C29H39N3O4. The summed E-state index contributed by atoms with van der Waals surface area (Å²) in [5.74, 6) is 1.27. The lowest BCUT2D eigenvalue weighted by atomic mass is 10.1. The van der Waals surface area contributed by atoms with Gasteiger partial charge in [0.25, 0.3) is 0 Å². The summed E-state index contributed by atoms with van der Waals surface area (Å²) in [6.45, 7) is 5.74. The minimum Gasteiger partial charge on any atom is -0.493 e. The van der Waals surface area contributed by atoms with E-state index in [2.05, 4.69) is 24.0 Å². The molecule has 0 saturated carbocycles. The van der Waals surface area contributed by atoms with E-state index in [1.807, 2.05) is 48.4 Å². The summed E-state index contributed by atoms with van der Waals surface area (Å²) in [5.41, 5.74) is 3.20. The number of amides is 2. The Labute approximate surface area is 214 Å². The number of carbonyl (C=O) groups excluding carboxylic acids is 2. The van der Waals surface area contributed by atoms with E-state index in [0.29, 0.717) is 44.0 Å². The molecule has 0 spiro atoms. The highest BCUT2D eigenvalue weighted by Crippen LogP contribution is 2.28. The predicted octanol–water partition coefficient (Wildman–Crippen LogP) is 5.19. The molecule has 0 bridgehead atoms. The van der Waals surface area contributed by atoms with E-state index in [4.69, 9.17) is 9.47 Å². The lowest BCUT2D eigenvalue weighted by molar-refractivity contribution is -0.141. The molecule has 2 aromatic carbocycles. The van der Waals surface area contributed by atoms with Crippen molar-refractivity contribution < 1.29 is 19.1 Å². The molecule has 0 saturated heterocycles. The van der Waals surface area contributed by atoms with Crippen LogP contribution in [0.5, 0.6) is 11.5 Å². The van der Waals surface area contributed by atoms with Gasteiger partial charge in [-0.1, -0.05) is 44.5 Å². The quantitative estimate of drug-likeness (QED) is 0.336. The minimum atomic E-state index is -0.0508. The van der Waals surface area contributed by atoms with Crippen molar-refractivity contribution in [1.29, 1.82) is 0 Å². The molecule has 3 rings (SSSR count). The fourth-order valence-electron chi connectivity index (χ4n) is 4.36. The normalized spacial score (nSPS) is 10.9. The topological polar surface area (TPSA) is 74.9 Å². The van der Waals surface area contributed by atoms with Crippen LogP contribution in [0.1, 0.15) is 50.7 Å². The van der Waals surface area contributed by atoms with Gasteiger partial charge in [0.2, 0.25) is 11.8 Å². The molecule has 0 atom stereocenters. The van der Waals surface area contributed by atoms with Crippen molar-refractivity contribution in [2.45, 2.75) is 52.5 Å². The van der Waals surface area contributed by atoms with Crippen LogP contribution in [0.3, 0.4) is 0 Å². The third-order valence-electron chi connectivity index (χ3n) is 6.42. The lowest BCUT2D eigenvalue weighted by Gasteiger charge is -2.28. The number of ether oxygens (including phenoxy) is 2. The van der Waals surface area contributed by atoms with Crippen molar-refractivity contribution in [3.05, 3.63) is 59.8 Å². The number of benzene rings is 2. The lowest BCUT2D eigenvalue weighted by Crippen LogP contribution is -2.43. The van der Waals surface area contributed by atoms with Crippen LogP contribution in [0.15, 0.2) is 48.7 Å². The standard InChI is InChI=1S/C29H39N3O4/c1-5-7-16-31(28(33)10-6-2)21-29(34)32(20-22-13-14-26(35-3)27(18-22)36-4)17-15-23-19-30-25-12-9-8-11-24(23)25/h8-9,11-14,18-19,30H,5-7,10,15-17,20-21H2,1-4H3. The molecule has 3 aromatic rings. The summed E-state index contributed by atoms with van der Waals surface area (Å²) < 4.78 is 10.8. The second kappa shape index (κ2) is 13.6. The number of hydrogen-bond donors (Lipinski definition) is 1. The van der Waals surface area contributed by atoms with E-state index >= 15 is 0 Å². The summed E-state index contributed by atoms with van der Waals surface area (Å²) >= 11 is 0. The van der Waals surface area contributed by atoms with Gasteiger partial charge in [0.05, 0.1) is 20.8 Å². The van der Waals surface area contributed by atoms with Crippen molar-refractivity contribution in [2.75, 3.05) is 33.9 Å². The SMILES string of the molecule is CCCCN(CC(=O)N(CCc1c[nH]c2ccccc12)Cc1ccc(OC)c(OC)c1)C(=O)CCC. The molecule has 0 radical (unpaired) electrons. The fourth-order valence-corrected chi connectivity index (χ4v) is 4.36. The Balaban J connectivity index is 1.82. The number of fused-ring (bicyclic) bond motifs is 1. The molecule has 36 heavy (non-hydrogen) atoms. The van der Waals surface area contributed by atoms with Crippen LogP contribution >= 0.6 is 0 Å². The van der Waals surface area contributed by atoms with E-state index in [1.165, 1.54) is 10.9 Å². The predicted molar refractivity (Wildman–Crippen MR) is 143 cm³/mol. The van der Waals surface area contributed by atoms with Crippen LogP contribution in [0.4, 0.5) is 0 Å². The Morgan fingerprint density at radius 2 is 1.67 bits per heavy atom. The number of unbranched alkanes of at least 4 members (excludes halogenated alkanes) is 1. The Morgan fingerprint density at radius 1 is 0.889 bits per heavy atom. The zero-order chi connectivity index (χ0) is 25.9. The Bertz CT molecular complexity index is 1140. The zero-order valence-corrected chi connectivity index (χ0v) is 22.0. The summed E-state index contributed by atoms with van der Waals surface area (Å²) in [4.78, 5) is 33.2. The second-order valence-electron chi connectivity index (χ2n) is 9.03. The number of aromatic nitrogens is 1. The summed E-state index contributed by atoms with van der Waals surface area (Å²) in [6.07, 6.45) is 5.81. The summed E-state index contributed by atoms with van der Waals surface area (Å²) in [7, 11) is 3.21. The molecule has 0 aliphatic heterocycles. The Kier molecular flexibility index (Phi) is 10.2. The molecule has 1 aromatic heterocycles. The van der Waals surface area contributed by atoms with Crippen molar-refractivity contribution in [1.82, 2.24) is 14.8 Å². The number of para-hydroxylation sites is 1. The third-order valence-corrected chi connectivity index (χ3v) is 6.42. The average Bonchev–Trinajstić information content (AvgIpc) is 3.31. The van der Waals surface area contributed by atoms with E-state index in [9.17, 15) is 9.59 Å². The molecule has 7 nitrogen and oxygen atoms in total. The molecule has 194 valence electrons. The van der Waals surface area contributed by atoms with Gasteiger partial charge in [-0.3, -0.25) is 9.59 Å². The van der Waals surface area contributed by atoms with Crippen LogP contribution in [0.2, 0.25) is 0 Å². The summed E-state index contributed by atoms with van der Waals surface area (Å²) in [5, 5.41) is 1.17. The van der Waals surface area contributed by atoms with Crippen LogP contribution in [-0.4, -0.2) is 60.5 Å². The van der Waals surface area contributed by atoms with Crippen molar-refractivity contribution in [3.8, 4) is 11.5 Å². The van der Waals surface area contributed by atoms with Crippen LogP contribution in [-0.2, 0) is 22.6 Å². The molecule has 0 aliphatic carbocycles. The first kappa shape index (κ1) is 27.1. The van der Waals surface area contributed by atoms with Gasteiger partial charge in [-0.15, -0.1) is 0 Å². The maximum atomic E-state index is 13.6. The Morgan fingerprint density at radius 3 is 2.39 bits per heavy atom. The van der Waals surface area contributed by atoms with Gasteiger partial charge < -0.3 is 24.3 Å². The van der Waals surface area contributed by atoms with E-state index in [1.54, 1.807) is 19.1 Å². The molecule has 0 unspecified atom stereocenters. The number of methoxy groups -OCH3 is 2. The number of nitrogens with one attached hydrogen (secondary N) is 1. The van der Waals surface area contributed by atoms with Crippen LogP contribution in [0, 0.1) is 0 Å². The fraction of sp³-hybridized carbons (Fsp3) is 0.448. The summed E-state index contributed by atoms with van der Waals surface area (Å²) in [6, 6.07) is 13.9. The molecule has 0 aliphatic rings. The highest BCUT2D eigenvalue weighted by Gasteiger charge is 2.22. The highest BCUT2D eigenvalue weighted by atomic mass is 16.5. The first-order chi connectivity index (χ1) is 17.5. The average molecular weight is 494 g/mol. The van der Waals surface area contributed by atoms with Gasteiger partial charge in [-0.2, -0.15) is 0 Å². The maximum Gasteiger partial charge on any atom is 0.242 e. The molecule has 2 amide bonds. The van der Waals surface area contributed by atoms with E-state index in [0.717, 1.165) is 30.3 Å². The smallest absolute Gasteiger partial charge is 0.242 e. The van der Waals surface area contributed by atoms with Crippen molar-refractivity contribution >= 4 is 22.7 Å². The number of aromatic amines is 1. The van der Waals surface area contributed by atoms with Gasteiger partial charge >= 0.3 is 0 Å². The minimum absolute atomic E-state index is 0.0435. The molecular weight excluding hydrogens is 454 g/mol. The van der Waals surface area contributed by atoms with E-state index < -0.39 is 0 Å². The van der Waals surface area contributed by atoms with Crippen LogP contribution < -0.4 is 9.47 Å². The first-order valence-electron chi connectivity index (χ1n) is 12.8. The van der Waals surface area contributed by atoms with E-state index in [-0.39, 0.29) is 18.4 Å². The molecule has 7 heteroatoms. The largest absolute Gasteiger partial charge is 0.493 e. The Hall–Kier alpha value is -3.48. The molecule has 1 N–H and O–H groups in total. The second-order valence-corrected chi connectivity index (χ2v) is 9.03. The molecule has 0 fully saturated rings. The maximum absolute atomic E-state index is 13.6. The van der Waals surface area contributed by atoms with Gasteiger partial charge in [0.1, 0.15) is 0 Å². The number of rotatable bonds is 14. The number of nitrogens with zero attached hydrogens (tertiary/aromatic N) is 2. The van der Waals surface area contributed by atoms with Gasteiger partial charge in [0, 0.05) is 43.2 Å². The third kappa shape index (κ3) is 7.03. The molecule has 1 heterocycles. The van der Waals surface area contributed by atoms with Gasteiger partial charge in [-0.25, -0.2) is 0 Å². The zero-order valence-electron chi connectivity index (χ0n) is 22.0. The number of hydrogen-bond acceptors (Lipinski definition) is 4. The highest BCUT2D eigenvalue weighted by molar-refractivity contribution is 5.85. The van der Waals surface area contributed by atoms with Crippen molar-refractivity contribution in [2.24, 2.45) is 0 Å². The number of H-pyrrole nitrogens is 1. The van der Waals surface area contributed by atoms with Crippen molar-refractivity contribution in [3.63, 3.8) is 0 Å². The monoisotopic (exact) mass is 493 g/mol. The van der Waals surface area contributed by atoms with Crippen LogP contribution in [0.25, 0.3) is 10.9 Å². The first-order valence-corrected chi connectivity index (χ1v) is 12.8. The van der Waals surface area contributed by atoms with Gasteiger partial charge in [0.15, 0.2) is 11.5 Å². The van der Waals surface area contributed by atoms with Gasteiger partial charge in [-0.05, 0) is 48.6 Å². The number of carbonyl (C=O) groups is 2.